The molecule has 50 heavy (non-hydrogen) atoms. The van der Waals surface area contributed by atoms with Crippen LogP contribution >= 0.6 is 0 Å². The zero-order chi connectivity index (χ0) is 36.9. The van der Waals surface area contributed by atoms with Crippen molar-refractivity contribution in [2.75, 3.05) is 13.2 Å². The highest BCUT2D eigenvalue weighted by Crippen LogP contribution is 2.15. The van der Waals surface area contributed by atoms with Crippen molar-refractivity contribution >= 4 is 11.9 Å². The molecule has 0 aromatic heterocycles. The van der Waals surface area contributed by atoms with Gasteiger partial charge in [0.05, 0.1) is 13.2 Å². The molecule has 0 aliphatic carbocycles. The third-order valence-corrected chi connectivity index (χ3v) is 10.0. The quantitative estimate of drug-likeness (QED) is 0.0470. The monoisotopic (exact) mass is 709 g/mol. The summed E-state index contributed by atoms with van der Waals surface area (Å²) in [5.74, 6) is -0.00966. The van der Waals surface area contributed by atoms with Crippen molar-refractivity contribution in [2.24, 2.45) is 0 Å². The van der Waals surface area contributed by atoms with Crippen molar-refractivity contribution in [1.29, 1.82) is 0 Å². The van der Waals surface area contributed by atoms with Crippen LogP contribution in [0.4, 0.5) is 0 Å². The molecule has 0 saturated carbocycles. The number of carbonyl (C=O) groups is 2. The number of hydrogen-bond acceptors (Lipinski definition) is 4. The molecule has 0 N–H and O–H groups in total. The van der Waals surface area contributed by atoms with Crippen LogP contribution in [0.5, 0.6) is 0 Å². The van der Waals surface area contributed by atoms with Crippen molar-refractivity contribution in [3.05, 3.63) is 0 Å². The molecule has 0 heterocycles. The summed E-state index contributed by atoms with van der Waals surface area (Å²) < 4.78 is 10.3. The number of unbranched alkanes of at least 4 members (excludes halogenated alkanes) is 33. The summed E-state index contributed by atoms with van der Waals surface area (Å²) in [6.45, 7) is 9.83. The predicted octanol–water partition coefficient (Wildman–Crippen LogP) is 16.0. The Kier molecular flexibility index (Phi) is 48.9. The van der Waals surface area contributed by atoms with E-state index in [-0.39, 0.29) is 11.9 Å². The van der Waals surface area contributed by atoms with Crippen LogP contribution in [0, 0.1) is 0 Å². The maximum absolute atomic E-state index is 11.8. The van der Waals surface area contributed by atoms with Gasteiger partial charge in [-0.15, -0.1) is 0 Å². The summed E-state index contributed by atoms with van der Waals surface area (Å²) in [7, 11) is 0. The fraction of sp³-hybridized carbons (Fsp3) is 0.957. The molecule has 0 aliphatic heterocycles. The van der Waals surface area contributed by atoms with Crippen LogP contribution in [0.25, 0.3) is 0 Å². The summed E-state index contributed by atoms with van der Waals surface area (Å²) in [6, 6.07) is 0. The number of esters is 2. The molecule has 0 radical (unpaired) electrons. The van der Waals surface area contributed by atoms with Gasteiger partial charge in [-0.3, -0.25) is 9.59 Å². The number of rotatable bonds is 40. The van der Waals surface area contributed by atoms with Gasteiger partial charge in [0.2, 0.25) is 0 Å². The van der Waals surface area contributed by atoms with E-state index in [0.717, 1.165) is 19.3 Å². The Morgan fingerprint density at radius 2 is 0.500 bits per heavy atom. The van der Waals surface area contributed by atoms with Gasteiger partial charge in [-0.2, -0.15) is 0 Å². The summed E-state index contributed by atoms with van der Waals surface area (Å²) in [5.41, 5.74) is 0. The summed E-state index contributed by atoms with van der Waals surface area (Å²) in [4.78, 5) is 22.9. The van der Waals surface area contributed by atoms with Crippen molar-refractivity contribution in [3.63, 3.8) is 0 Å². The molecule has 0 saturated heterocycles. The Morgan fingerprint density at radius 1 is 0.280 bits per heavy atom. The van der Waals surface area contributed by atoms with Crippen molar-refractivity contribution in [3.8, 4) is 0 Å². The maximum Gasteiger partial charge on any atom is 0.305 e. The normalized spacial score (nSPS) is 11.0. The molecule has 0 unspecified atom stereocenters. The smallest absolute Gasteiger partial charge is 0.305 e. The Bertz CT molecular complexity index is 634. The van der Waals surface area contributed by atoms with Crippen LogP contribution in [0.2, 0.25) is 0 Å². The van der Waals surface area contributed by atoms with Gasteiger partial charge >= 0.3 is 11.9 Å². The van der Waals surface area contributed by atoms with Crippen LogP contribution in [0.3, 0.4) is 0 Å². The molecule has 4 nitrogen and oxygen atoms in total. The minimum atomic E-state index is -0.0319. The van der Waals surface area contributed by atoms with Crippen molar-refractivity contribution in [1.82, 2.24) is 0 Å². The molecule has 0 aromatic rings. The van der Waals surface area contributed by atoms with E-state index in [1.807, 2.05) is 6.92 Å². The highest BCUT2D eigenvalue weighted by molar-refractivity contribution is 5.69. The molecule has 0 atom stereocenters. The highest BCUT2D eigenvalue weighted by Gasteiger charge is 2.03. The van der Waals surface area contributed by atoms with E-state index in [2.05, 4.69) is 20.8 Å². The van der Waals surface area contributed by atoms with Gasteiger partial charge in [-0.25, -0.2) is 0 Å². The molecule has 0 bridgehead atoms. The molecule has 0 spiro atoms. The van der Waals surface area contributed by atoms with Gasteiger partial charge in [0.15, 0.2) is 0 Å². The van der Waals surface area contributed by atoms with Gasteiger partial charge in [0.1, 0.15) is 0 Å². The summed E-state index contributed by atoms with van der Waals surface area (Å²) in [5, 5.41) is 0. The van der Waals surface area contributed by atoms with E-state index in [9.17, 15) is 9.59 Å². The van der Waals surface area contributed by atoms with E-state index < -0.39 is 0 Å². The van der Waals surface area contributed by atoms with Crippen LogP contribution in [0.15, 0.2) is 0 Å². The molecule has 4 heteroatoms. The SMILES string of the molecule is CCCCCCCCCCCCCCCC(=O)OCC.CCCCCCCCCCCCCCCC(=O)OCCCCCCCCCCCC. The first-order valence-corrected chi connectivity index (χ1v) is 22.9. The average molecular weight is 709 g/mol. The lowest BCUT2D eigenvalue weighted by Crippen LogP contribution is -2.05. The van der Waals surface area contributed by atoms with Crippen LogP contribution in [0.1, 0.15) is 272 Å². The van der Waals surface area contributed by atoms with E-state index in [1.54, 1.807) is 0 Å². The molecule has 0 fully saturated rings. The Balaban J connectivity index is 0. The summed E-state index contributed by atoms with van der Waals surface area (Å²) >= 11 is 0. The molecule has 0 rings (SSSR count). The minimum absolute atomic E-state index is 0.0222. The van der Waals surface area contributed by atoms with Crippen LogP contribution in [-0.2, 0) is 19.1 Å². The molecule has 0 amide bonds. The summed E-state index contributed by atoms with van der Waals surface area (Å²) in [6.07, 6.45) is 49.3. The van der Waals surface area contributed by atoms with E-state index >= 15 is 0 Å². The Labute approximate surface area is 315 Å². The lowest BCUT2D eigenvalue weighted by molar-refractivity contribution is -0.144. The Hall–Kier alpha value is -1.06. The number of carbonyl (C=O) groups excluding carboxylic acids is 2. The van der Waals surface area contributed by atoms with E-state index in [1.165, 1.54) is 212 Å². The second-order valence-electron chi connectivity index (χ2n) is 15.2. The second kappa shape index (κ2) is 47.9. The first kappa shape index (κ1) is 51.0. The van der Waals surface area contributed by atoms with Crippen molar-refractivity contribution < 1.29 is 19.1 Å². The predicted molar refractivity (Wildman–Crippen MR) is 220 cm³/mol. The zero-order valence-electron chi connectivity index (χ0n) is 34.9. The fourth-order valence-corrected chi connectivity index (χ4v) is 6.66. The maximum atomic E-state index is 11.8. The highest BCUT2D eigenvalue weighted by atomic mass is 16.5. The van der Waals surface area contributed by atoms with E-state index in [4.69, 9.17) is 9.47 Å². The van der Waals surface area contributed by atoms with Gasteiger partial charge in [-0.1, -0.05) is 233 Å². The largest absolute Gasteiger partial charge is 0.466 e. The standard InChI is InChI=1S/C28H56O2.C18H36O2/c1-3-5-7-9-11-13-15-16-17-18-20-22-24-26-28(29)30-27-25-23-21-19-14-12-10-8-6-4-2;1-3-5-6-7-8-9-10-11-12-13-14-15-16-17-18(19)20-4-2/h3-27H2,1-2H3;3-17H2,1-2H3. The minimum Gasteiger partial charge on any atom is -0.466 e. The topological polar surface area (TPSA) is 52.6 Å². The van der Waals surface area contributed by atoms with Crippen LogP contribution in [-0.4, -0.2) is 25.2 Å². The Morgan fingerprint density at radius 3 is 0.760 bits per heavy atom. The van der Waals surface area contributed by atoms with Gasteiger partial charge < -0.3 is 9.47 Å². The van der Waals surface area contributed by atoms with E-state index in [0.29, 0.717) is 26.1 Å². The van der Waals surface area contributed by atoms with Crippen LogP contribution < -0.4 is 0 Å². The van der Waals surface area contributed by atoms with Gasteiger partial charge in [0.25, 0.3) is 0 Å². The average Bonchev–Trinajstić information content (AvgIpc) is 3.11. The lowest BCUT2D eigenvalue weighted by Gasteiger charge is -2.06. The molecule has 300 valence electrons. The molecular formula is C46H92O4. The lowest BCUT2D eigenvalue weighted by atomic mass is 10.0. The molecule has 0 aromatic carbocycles. The van der Waals surface area contributed by atoms with Gasteiger partial charge in [0, 0.05) is 12.8 Å². The van der Waals surface area contributed by atoms with Crippen molar-refractivity contribution in [2.45, 2.75) is 272 Å². The number of hydrogen-bond donors (Lipinski definition) is 0. The molecular weight excluding hydrogens is 617 g/mol. The third-order valence-electron chi connectivity index (χ3n) is 10.0. The zero-order valence-corrected chi connectivity index (χ0v) is 34.9. The fourth-order valence-electron chi connectivity index (χ4n) is 6.66. The first-order chi connectivity index (χ1) is 24.6. The second-order valence-corrected chi connectivity index (χ2v) is 15.2. The number of ether oxygens (including phenoxy) is 2. The van der Waals surface area contributed by atoms with Gasteiger partial charge in [-0.05, 0) is 26.2 Å². The molecule has 0 aliphatic rings. The third kappa shape index (κ3) is 49.1. The first-order valence-electron chi connectivity index (χ1n) is 22.9.